The highest BCUT2D eigenvalue weighted by Gasteiger charge is 1.98. The molecule has 0 saturated carbocycles. The first-order chi connectivity index (χ1) is 11.1. The van der Waals surface area contributed by atoms with Gasteiger partial charge in [0.25, 0.3) is 0 Å². The summed E-state index contributed by atoms with van der Waals surface area (Å²) in [7, 11) is 0. The van der Waals surface area contributed by atoms with Gasteiger partial charge in [-0.15, -0.1) is 0 Å². The zero-order valence-electron chi connectivity index (χ0n) is 18.4. The molecule has 0 saturated heterocycles. The van der Waals surface area contributed by atoms with E-state index in [0.29, 0.717) is 5.39 Å². The minimum atomic E-state index is -3.65. The van der Waals surface area contributed by atoms with Gasteiger partial charge in [0.15, 0.2) is 0 Å². The van der Waals surface area contributed by atoms with E-state index in [9.17, 15) is 0 Å². The second-order valence-electron chi connectivity index (χ2n) is 2.73. The van der Waals surface area contributed by atoms with Gasteiger partial charge in [0.05, 0.1) is 0 Å². The fraction of sp³-hybridized carbons (Fsp3) is 0.385. The van der Waals surface area contributed by atoms with E-state index in [1.54, 1.807) is 18.2 Å². The molecule has 0 aliphatic rings. The van der Waals surface area contributed by atoms with E-state index >= 15 is 0 Å². The van der Waals surface area contributed by atoms with Crippen LogP contribution in [0.1, 0.15) is 41.0 Å². The Hall–Kier alpha value is -1.24. The number of rotatable bonds is 4. The average Bonchev–Trinajstić information content (AvgIpc) is 2.89. The van der Waals surface area contributed by atoms with E-state index in [-0.39, 0.29) is 5.52 Å². The third-order valence-corrected chi connectivity index (χ3v) is 1.90. The molecule has 1 aromatic heterocycles. The Bertz CT molecular complexity index is 772. The lowest BCUT2D eigenvalue weighted by Gasteiger charge is -2.03. The van der Waals surface area contributed by atoms with Gasteiger partial charge in [-0.25, -0.2) is 0 Å². The van der Waals surface area contributed by atoms with Crippen LogP contribution in [0.5, 0.6) is 0 Å². The SMILES string of the molecule is [2H]C([2H])([2H])C([2H])([2H])C([2H])([2H])C([2H])([2H])C([2H])([2H])n1ccc2ccccc21. The van der Waals surface area contributed by atoms with Crippen molar-refractivity contribution in [2.45, 2.75) is 32.5 Å². The fourth-order valence-electron chi connectivity index (χ4n) is 1.30. The van der Waals surface area contributed by atoms with E-state index in [1.165, 1.54) is 18.3 Å². The summed E-state index contributed by atoms with van der Waals surface area (Å²) < 4.78 is 85.8. The zero-order valence-corrected chi connectivity index (χ0v) is 7.41. The third kappa shape index (κ3) is 1.82. The van der Waals surface area contributed by atoms with Gasteiger partial charge in [0.2, 0.25) is 0 Å². The molecule has 1 aromatic carbocycles. The molecule has 0 spiro atoms. The van der Waals surface area contributed by atoms with E-state index in [2.05, 4.69) is 0 Å². The van der Waals surface area contributed by atoms with Crippen LogP contribution in [-0.4, -0.2) is 4.57 Å². The normalized spacial score (nSPS) is 27.6. The van der Waals surface area contributed by atoms with Crippen LogP contribution < -0.4 is 0 Å². The minimum Gasteiger partial charge on any atom is -0.347 e. The molecule has 0 aliphatic heterocycles. The molecule has 0 N–H and O–H groups in total. The molecule has 1 heterocycles. The molecule has 0 radical (unpaired) electrons. The molecule has 2 aromatic rings. The van der Waals surface area contributed by atoms with E-state index in [4.69, 9.17) is 15.1 Å². The van der Waals surface area contributed by atoms with Crippen LogP contribution in [0.25, 0.3) is 10.9 Å². The topological polar surface area (TPSA) is 4.93 Å². The van der Waals surface area contributed by atoms with Gasteiger partial charge in [-0.05, 0) is 23.9 Å². The van der Waals surface area contributed by atoms with Crippen molar-refractivity contribution in [3.63, 3.8) is 0 Å². The maximum absolute atomic E-state index is 8.17. The Labute approximate surface area is 101 Å². The van der Waals surface area contributed by atoms with Crippen LogP contribution in [0, 0.1) is 0 Å². The molecule has 0 aliphatic carbocycles. The molecule has 0 amide bonds. The lowest BCUT2D eigenvalue weighted by molar-refractivity contribution is 0.616. The van der Waals surface area contributed by atoms with Crippen LogP contribution in [-0.2, 0) is 6.50 Å². The monoisotopic (exact) mass is 198 g/mol. The second-order valence-corrected chi connectivity index (χ2v) is 2.73. The molecule has 1 nitrogen and oxygen atoms in total. The Morgan fingerprint density at radius 1 is 1.29 bits per heavy atom. The average molecular weight is 198 g/mol. The number of hydrogen-bond donors (Lipinski definition) is 0. The number of aromatic nitrogens is 1. The Morgan fingerprint density at radius 2 is 2.21 bits per heavy atom. The Morgan fingerprint density at radius 3 is 3.14 bits per heavy atom. The van der Waals surface area contributed by atoms with Crippen molar-refractivity contribution in [2.75, 3.05) is 0 Å². The van der Waals surface area contributed by atoms with Crippen molar-refractivity contribution in [2.24, 2.45) is 0 Å². The van der Waals surface area contributed by atoms with Crippen molar-refractivity contribution in [1.29, 1.82) is 0 Å². The highest BCUT2D eigenvalue weighted by molar-refractivity contribution is 5.79. The number of aryl methyl sites for hydroxylation is 1. The van der Waals surface area contributed by atoms with Crippen molar-refractivity contribution < 1.29 is 15.1 Å². The molecule has 0 fully saturated rings. The van der Waals surface area contributed by atoms with Gasteiger partial charge < -0.3 is 4.57 Å². The number of fused-ring (bicyclic) bond motifs is 1. The Balaban J connectivity index is 2.64. The summed E-state index contributed by atoms with van der Waals surface area (Å²) in [5.41, 5.74) is 0.279. The first kappa shape index (κ1) is 2.88. The number of nitrogens with zero attached hydrogens (tertiary/aromatic N) is 1. The van der Waals surface area contributed by atoms with Gasteiger partial charge in [-0.2, -0.15) is 0 Å². The summed E-state index contributed by atoms with van der Waals surface area (Å²) in [6, 6.07) is 7.98. The minimum absolute atomic E-state index is 0.279. The van der Waals surface area contributed by atoms with Gasteiger partial charge in [-0.1, -0.05) is 37.8 Å². The smallest absolute Gasteiger partial charge is 0.0497 e. The maximum Gasteiger partial charge on any atom is 0.0497 e. The van der Waals surface area contributed by atoms with Crippen LogP contribution in [0.4, 0.5) is 0 Å². The van der Waals surface area contributed by atoms with Crippen molar-refractivity contribution in [1.82, 2.24) is 4.57 Å². The summed E-state index contributed by atoms with van der Waals surface area (Å²) in [4.78, 5) is 0. The van der Waals surface area contributed by atoms with Crippen molar-refractivity contribution in [3.8, 4) is 0 Å². The summed E-state index contributed by atoms with van der Waals surface area (Å²) in [6.07, 6.45) is -9.54. The first-order valence-electron chi connectivity index (χ1n) is 9.65. The summed E-state index contributed by atoms with van der Waals surface area (Å²) >= 11 is 0. The summed E-state index contributed by atoms with van der Waals surface area (Å²) in [6.45, 7) is -6.53. The number of benzene rings is 1. The molecule has 0 unspecified atom stereocenters. The fourth-order valence-corrected chi connectivity index (χ4v) is 1.30. The molecular weight excluding hydrogens is 170 g/mol. The summed E-state index contributed by atoms with van der Waals surface area (Å²) in [5, 5.41) is 0.585. The lowest BCUT2D eigenvalue weighted by atomic mass is 10.2. The molecular formula is C13H17N. The zero-order chi connectivity index (χ0) is 19.5. The van der Waals surface area contributed by atoms with Gasteiger partial charge in [0, 0.05) is 33.3 Å². The molecule has 0 bridgehead atoms. The highest BCUT2D eigenvalue weighted by atomic mass is 14.9. The molecule has 2 rings (SSSR count). The van der Waals surface area contributed by atoms with E-state index in [1.807, 2.05) is 0 Å². The predicted molar refractivity (Wildman–Crippen MR) is 61.5 cm³/mol. The number of para-hydroxylation sites is 1. The third-order valence-electron chi connectivity index (χ3n) is 1.90. The number of hydrogen-bond acceptors (Lipinski definition) is 0. The van der Waals surface area contributed by atoms with Crippen LogP contribution in [0.2, 0.25) is 0 Å². The predicted octanol–water partition coefficient (Wildman–Crippen LogP) is 3.83. The van der Waals surface area contributed by atoms with Crippen LogP contribution in [0.3, 0.4) is 0 Å². The molecule has 14 heavy (non-hydrogen) atoms. The van der Waals surface area contributed by atoms with Crippen molar-refractivity contribution >= 4 is 10.9 Å². The van der Waals surface area contributed by atoms with E-state index in [0.717, 1.165) is 4.57 Å². The maximum atomic E-state index is 8.17. The van der Waals surface area contributed by atoms with Crippen molar-refractivity contribution in [3.05, 3.63) is 36.5 Å². The summed E-state index contributed by atoms with van der Waals surface area (Å²) in [5.74, 6) is 0. The standard InChI is InChI=1S/C13H17N/c1-2-3-6-10-14-11-9-12-7-4-5-8-13(12)14/h4-5,7-9,11H,2-3,6,10H2,1H3/i1D3,2D2,3D2,6D2,10D2. The highest BCUT2D eigenvalue weighted by Crippen LogP contribution is 2.15. The van der Waals surface area contributed by atoms with E-state index < -0.39 is 32.5 Å². The van der Waals surface area contributed by atoms with Gasteiger partial charge >= 0.3 is 0 Å². The molecule has 0 atom stereocenters. The second kappa shape index (κ2) is 4.32. The quantitative estimate of drug-likeness (QED) is 0.703. The molecule has 1 heteroatoms. The lowest BCUT2D eigenvalue weighted by Crippen LogP contribution is -1.95. The van der Waals surface area contributed by atoms with Crippen LogP contribution in [0.15, 0.2) is 36.5 Å². The Kier molecular flexibility index (Phi) is 0.888. The van der Waals surface area contributed by atoms with Gasteiger partial charge in [-0.3, -0.25) is 0 Å². The first-order valence-corrected chi connectivity index (χ1v) is 4.15. The van der Waals surface area contributed by atoms with Crippen LogP contribution >= 0.6 is 0 Å². The largest absolute Gasteiger partial charge is 0.347 e. The van der Waals surface area contributed by atoms with Gasteiger partial charge in [0.1, 0.15) is 0 Å². The molecule has 74 valence electrons.